The van der Waals surface area contributed by atoms with Gasteiger partial charge in [0.05, 0.1) is 22.2 Å². The van der Waals surface area contributed by atoms with Crippen molar-refractivity contribution in [2.75, 3.05) is 5.32 Å². The van der Waals surface area contributed by atoms with Gasteiger partial charge in [-0.05, 0) is 52.3 Å². The predicted molar refractivity (Wildman–Crippen MR) is 105 cm³/mol. The van der Waals surface area contributed by atoms with E-state index in [0.717, 1.165) is 10.6 Å². The maximum Gasteiger partial charge on any atom is 0.340 e. The molecule has 27 heavy (non-hydrogen) atoms. The second-order valence-corrected chi connectivity index (χ2v) is 7.90. The molecule has 0 aliphatic carbocycles. The molecule has 0 fully saturated rings. The Morgan fingerprint density at radius 3 is 2.59 bits per heavy atom. The van der Waals surface area contributed by atoms with Gasteiger partial charge in [0.1, 0.15) is 5.69 Å². The van der Waals surface area contributed by atoms with Crippen molar-refractivity contribution in [2.45, 2.75) is 40.7 Å². The fourth-order valence-electron chi connectivity index (χ4n) is 2.83. The van der Waals surface area contributed by atoms with Gasteiger partial charge < -0.3 is 15.0 Å². The first kappa shape index (κ1) is 18.9. The number of hydrogen-bond donors (Lipinski definition) is 3. The highest BCUT2D eigenvalue weighted by Crippen LogP contribution is 2.28. The molecule has 0 saturated carbocycles. The fourth-order valence-corrected chi connectivity index (χ4v) is 3.66. The van der Waals surface area contributed by atoms with Crippen molar-refractivity contribution in [1.82, 2.24) is 15.2 Å². The Bertz CT molecular complexity index is 997. The summed E-state index contributed by atoms with van der Waals surface area (Å²) < 4.78 is 5.26. The van der Waals surface area contributed by atoms with Crippen LogP contribution >= 0.6 is 11.3 Å². The topological polar surface area (TPSA) is 99.9 Å². The number of hydrogen-bond acceptors (Lipinski definition) is 5. The Morgan fingerprint density at radius 1 is 1.22 bits per heavy atom. The highest BCUT2D eigenvalue weighted by molar-refractivity contribution is 7.15. The number of ether oxygens (including phenoxy) is 1. The van der Waals surface area contributed by atoms with Crippen LogP contribution in [0.2, 0.25) is 0 Å². The Morgan fingerprint density at radius 2 is 1.96 bits per heavy atom. The number of carbonyl (C=O) groups is 2. The molecule has 0 aromatic carbocycles. The molecular weight excluding hydrogens is 364 g/mol. The van der Waals surface area contributed by atoms with E-state index >= 15 is 0 Å². The summed E-state index contributed by atoms with van der Waals surface area (Å²) in [6, 6.07) is 5.81. The van der Waals surface area contributed by atoms with Gasteiger partial charge in [0.2, 0.25) is 0 Å². The number of H-pyrrole nitrogens is 2. The van der Waals surface area contributed by atoms with E-state index in [2.05, 4.69) is 20.5 Å². The Balaban J connectivity index is 1.79. The molecule has 0 unspecified atom stereocenters. The van der Waals surface area contributed by atoms with E-state index in [9.17, 15) is 9.59 Å². The van der Waals surface area contributed by atoms with Crippen LogP contribution in [0, 0.1) is 20.8 Å². The van der Waals surface area contributed by atoms with Crippen molar-refractivity contribution < 1.29 is 14.3 Å². The number of nitrogens with one attached hydrogen (secondary N) is 3. The molecule has 142 valence electrons. The van der Waals surface area contributed by atoms with E-state index in [1.54, 1.807) is 45.1 Å². The normalized spacial score (nSPS) is 11.0. The van der Waals surface area contributed by atoms with E-state index in [-0.39, 0.29) is 12.0 Å². The molecule has 7 nitrogen and oxygen atoms in total. The lowest BCUT2D eigenvalue weighted by Crippen LogP contribution is -2.15. The summed E-state index contributed by atoms with van der Waals surface area (Å²) in [7, 11) is 0. The molecule has 0 bridgehead atoms. The summed E-state index contributed by atoms with van der Waals surface area (Å²) >= 11 is 1.64. The average molecular weight is 386 g/mol. The van der Waals surface area contributed by atoms with Crippen LogP contribution in [-0.2, 0) is 4.74 Å². The summed E-state index contributed by atoms with van der Waals surface area (Å²) in [5.74, 6) is -0.385. The largest absolute Gasteiger partial charge is 0.459 e. The number of thiophene rings is 1. The van der Waals surface area contributed by atoms with Crippen LogP contribution < -0.4 is 5.32 Å². The molecule has 0 spiro atoms. The third kappa shape index (κ3) is 3.95. The van der Waals surface area contributed by atoms with Crippen molar-refractivity contribution in [3.63, 3.8) is 0 Å². The van der Waals surface area contributed by atoms with E-state index in [0.29, 0.717) is 28.3 Å². The summed E-state index contributed by atoms with van der Waals surface area (Å²) in [4.78, 5) is 30.1. The van der Waals surface area contributed by atoms with Gasteiger partial charge in [-0.3, -0.25) is 9.89 Å². The molecule has 3 heterocycles. The molecule has 3 rings (SSSR count). The third-order valence-corrected chi connectivity index (χ3v) is 5.07. The summed E-state index contributed by atoms with van der Waals surface area (Å²) in [6.07, 6.45) is -0.230. The number of aromatic nitrogens is 3. The number of esters is 1. The maximum absolute atomic E-state index is 12.6. The molecule has 0 aliphatic heterocycles. The zero-order valence-electron chi connectivity index (χ0n) is 15.9. The summed E-state index contributed by atoms with van der Waals surface area (Å²) in [6.45, 7) is 9.07. The molecule has 8 heteroatoms. The standard InChI is InChI=1S/C19H22N4O3S/c1-9(2)26-19(25)16-11(4)17(20-12(16)5)18(24)21-15-8-13(22-23-15)14-7-6-10(3)27-14/h6-9,20H,1-5H3,(H2,21,22,23,24). The second-order valence-electron chi connectivity index (χ2n) is 6.61. The van der Waals surface area contributed by atoms with E-state index in [1.807, 2.05) is 19.1 Å². The van der Waals surface area contributed by atoms with Crippen LogP contribution in [0.5, 0.6) is 0 Å². The quantitative estimate of drug-likeness (QED) is 0.572. The minimum absolute atomic E-state index is 0.230. The highest BCUT2D eigenvalue weighted by Gasteiger charge is 2.24. The Hall–Kier alpha value is -2.87. The van der Waals surface area contributed by atoms with Crippen LogP contribution in [0.1, 0.15) is 50.8 Å². The number of amides is 1. The zero-order valence-corrected chi connectivity index (χ0v) is 16.7. The van der Waals surface area contributed by atoms with Gasteiger partial charge in [-0.2, -0.15) is 5.10 Å². The predicted octanol–water partition coefficient (Wildman–Crippen LogP) is 4.21. The zero-order chi connectivity index (χ0) is 19.7. The van der Waals surface area contributed by atoms with Crippen LogP contribution in [0.15, 0.2) is 18.2 Å². The van der Waals surface area contributed by atoms with Gasteiger partial charge in [-0.15, -0.1) is 11.3 Å². The Kier molecular flexibility index (Phi) is 5.18. The van der Waals surface area contributed by atoms with E-state index < -0.39 is 5.97 Å². The first-order chi connectivity index (χ1) is 12.8. The second kappa shape index (κ2) is 7.40. The van der Waals surface area contributed by atoms with Crippen LogP contribution in [0.25, 0.3) is 10.6 Å². The molecule has 1 amide bonds. The highest BCUT2D eigenvalue weighted by atomic mass is 32.1. The molecule has 3 aromatic rings. The maximum atomic E-state index is 12.6. The molecule has 3 aromatic heterocycles. The van der Waals surface area contributed by atoms with Gasteiger partial charge in [0, 0.05) is 16.6 Å². The minimum atomic E-state index is -0.439. The average Bonchev–Trinajstić information content (AvgIpc) is 3.26. The van der Waals surface area contributed by atoms with Crippen molar-refractivity contribution in [1.29, 1.82) is 0 Å². The van der Waals surface area contributed by atoms with Gasteiger partial charge in [0.15, 0.2) is 5.82 Å². The molecule has 0 saturated heterocycles. The minimum Gasteiger partial charge on any atom is -0.459 e. The van der Waals surface area contributed by atoms with Crippen molar-refractivity contribution in [3.8, 4) is 10.6 Å². The third-order valence-electron chi connectivity index (χ3n) is 4.04. The lowest BCUT2D eigenvalue weighted by atomic mass is 10.1. The van der Waals surface area contributed by atoms with Gasteiger partial charge in [-0.25, -0.2) is 4.79 Å². The number of nitrogens with zero attached hydrogens (tertiary/aromatic N) is 1. The number of anilines is 1. The van der Waals surface area contributed by atoms with Crippen molar-refractivity contribution >= 4 is 29.0 Å². The summed E-state index contributed by atoms with van der Waals surface area (Å²) in [5.41, 5.74) is 2.70. The number of rotatable bonds is 5. The molecule has 0 aliphatic rings. The molecule has 0 radical (unpaired) electrons. The molecular formula is C19H22N4O3S. The van der Waals surface area contributed by atoms with Crippen LogP contribution in [-0.4, -0.2) is 33.2 Å². The summed E-state index contributed by atoms with van der Waals surface area (Å²) in [5, 5.41) is 9.83. The lowest BCUT2D eigenvalue weighted by Gasteiger charge is -2.08. The first-order valence-electron chi connectivity index (χ1n) is 8.60. The smallest absolute Gasteiger partial charge is 0.340 e. The number of aromatic amines is 2. The van der Waals surface area contributed by atoms with Crippen LogP contribution in [0.3, 0.4) is 0 Å². The Labute approximate surface area is 161 Å². The fraction of sp³-hybridized carbons (Fsp3) is 0.316. The molecule has 3 N–H and O–H groups in total. The van der Waals surface area contributed by atoms with E-state index in [1.165, 1.54) is 4.88 Å². The number of carbonyl (C=O) groups excluding carboxylic acids is 2. The van der Waals surface area contributed by atoms with Gasteiger partial charge in [-0.1, -0.05) is 0 Å². The van der Waals surface area contributed by atoms with E-state index in [4.69, 9.17) is 4.74 Å². The van der Waals surface area contributed by atoms with Crippen molar-refractivity contribution in [2.24, 2.45) is 0 Å². The van der Waals surface area contributed by atoms with Gasteiger partial charge in [0.25, 0.3) is 5.91 Å². The van der Waals surface area contributed by atoms with Crippen molar-refractivity contribution in [3.05, 3.63) is 45.6 Å². The number of aryl methyl sites for hydroxylation is 2. The molecule has 0 atom stereocenters. The lowest BCUT2D eigenvalue weighted by molar-refractivity contribution is 0.0376. The van der Waals surface area contributed by atoms with Crippen LogP contribution in [0.4, 0.5) is 5.82 Å². The monoisotopic (exact) mass is 386 g/mol. The van der Waals surface area contributed by atoms with Gasteiger partial charge >= 0.3 is 5.97 Å². The first-order valence-corrected chi connectivity index (χ1v) is 9.41. The SMILES string of the molecule is Cc1ccc(-c2cc(NC(=O)c3[nH]c(C)c(C(=O)OC(C)C)c3C)n[nH]2)s1.